The normalized spacial score (nSPS) is 11.3. The van der Waals surface area contributed by atoms with Crippen molar-refractivity contribution in [2.24, 2.45) is 0 Å². The molecule has 9 nitrogen and oxygen atoms in total. The van der Waals surface area contributed by atoms with Crippen molar-refractivity contribution in [1.82, 2.24) is 29.9 Å². The highest BCUT2D eigenvalue weighted by Gasteiger charge is 2.17. The van der Waals surface area contributed by atoms with Gasteiger partial charge in [-0.2, -0.15) is 15.1 Å². The fourth-order valence-corrected chi connectivity index (χ4v) is 3.41. The molecule has 4 aromatic rings. The average Bonchev–Trinajstić information content (AvgIpc) is 3.24. The fraction of sp³-hybridized carbons (Fsp3) is 0.316. The Bertz CT molecular complexity index is 1180. The molecule has 10 heteroatoms. The molecule has 150 valence electrons. The summed E-state index contributed by atoms with van der Waals surface area (Å²) in [5.41, 5.74) is 11.6. The molecule has 0 fully saturated rings. The molecule has 0 aliphatic carbocycles. The van der Waals surface area contributed by atoms with Crippen molar-refractivity contribution in [3.8, 4) is 0 Å². The molecule has 0 aliphatic heterocycles. The van der Waals surface area contributed by atoms with E-state index in [1.54, 1.807) is 6.92 Å². The SMILES string of the molecule is Cc1nc(CNc2nc(N)nc3c(C)nn(Cc4ccc(CCl)cc4C)c23)no1. The lowest BCUT2D eigenvalue weighted by Crippen LogP contribution is -2.10. The Morgan fingerprint density at radius 2 is 2.00 bits per heavy atom. The van der Waals surface area contributed by atoms with Crippen molar-refractivity contribution in [2.75, 3.05) is 11.1 Å². The van der Waals surface area contributed by atoms with E-state index in [-0.39, 0.29) is 5.95 Å². The predicted octanol–water partition coefficient (Wildman–Crippen LogP) is 3.12. The fourth-order valence-electron chi connectivity index (χ4n) is 3.24. The van der Waals surface area contributed by atoms with Gasteiger partial charge in [0, 0.05) is 12.8 Å². The number of nitrogens with two attached hydrogens (primary N) is 1. The topological polar surface area (TPSA) is 121 Å². The largest absolute Gasteiger partial charge is 0.368 e. The van der Waals surface area contributed by atoms with E-state index in [4.69, 9.17) is 21.9 Å². The van der Waals surface area contributed by atoms with Gasteiger partial charge in [-0.25, -0.2) is 4.98 Å². The van der Waals surface area contributed by atoms with E-state index < -0.39 is 0 Å². The molecule has 1 aromatic carbocycles. The van der Waals surface area contributed by atoms with Crippen LogP contribution in [-0.2, 0) is 19.0 Å². The molecule has 3 aromatic heterocycles. The van der Waals surface area contributed by atoms with Gasteiger partial charge in [0.2, 0.25) is 11.8 Å². The summed E-state index contributed by atoms with van der Waals surface area (Å²) in [7, 11) is 0. The Balaban J connectivity index is 1.72. The monoisotopic (exact) mass is 412 g/mol. The lowest BCUT2D eigenvalue weighted by molar-refractivity contribution is 0.388. The highest BCUT2D eigenvalue weighted by atomic mass is 35.5. The van der Waals surface area contributed by atoms with E-state index >= 15 is 0 Å². The van der Waals surface area contributed by atoms with Crippen LogP contribution in [0.1, 0.15) is 34.1 Å². The standard InChI is InChI=1S/C19H21ClN8O/c1-10-6-13(7-20)4-5-14(10)9-28-17-16(11(2)26-28)24-19(21)25-18(17)22-8-15-23-12(3)29-27-15/h4-6H,7-9H2,1-3H3,(H3,21,22,24,25). The summed E-state index contributed by atoms with van der Waals surface area (Å²) in [4.78, 5) is 13.0. The van der Waals surface area contributed by atoms with Gasteiger partial charge >= 0.3 is 0 Å². The van der Waals surface area contributed by atoms with Crippen molar-refractivity contribution in [3.05, 3.63) is 52.3 Å². The van der Waals surface area contributed by atoms with E-state index in [0.717, 1.165) is 27.9 Å². The molecule has 0 saturated heterocycles. The van der Waals surface area contributed by atoms with Crippen LogP contribution in [0.5, 0.6) is 0 Å². The first kappa shape index (κ1) is 19.1. The Morgan fingerprint density at radius 3 is 2.69 bits per heavy atom. The van der Waals surface area contributed by atoms with Crippen LogP contribution in [-0.4, -0.2) is 29.9 Å². The Kier molecular flexibility index (Phi) is 5.06. The maximum Gasteiger partial charge on any atom is 0.223 e. The van der Waals surface area contributed by atoms with Gasteiger partial charge < -0.3 is 15.6 Å². The summed E-state index contributed by atoms with van der Waals surface area (Å²) in [5, 5.41) is 11.8. The molecule has 0 bridgehead atoms. The number of rotatable bonds is 6. The second-order valence-corrected chi connectivity index (χ2v) is 7.12. The molecule has 0 unspecified atom stereocenters. The van der Waals surface area contributed by atoms with Crippen LogP contribution >= 0.6 is 11.6 Å². The summed E-state index contributed by atoms with van der Waals surface area (Å²) < 4.78 is 6.90. The molecule has 3 heterocycles. The number of alkyl halides is 1. The second kappa shape index (κ2) is 7.67. The number of benzene rings is 1. The first-order valence-electron chi connectivity index (χ1n) is 9.12. The van der Waals surface area contributed by atoms with E-state index in [1.165, 1.54) is 0 Å². The molecule has 4 rings (SSSR count). The van der Waals surface area contributed by atoms with E-state index in [2.05, 4.69) is 49.6 Å². The van der Waals surface area contributed by atoms with Gasteiger partial charge in [-0.1, -0.05) is 23.4 Å². The third-order valence-corrected chi connectivity index (χ3v) is 4.95. The molecule has 29 heavy (non-hydrogen) atoms. The van der Waals surface area contributed by atoms with Gasteiger partial charge in [0.1, 0.15) is 11.0 Å². The molecule has 0 atom stereocenters. The van der Waals surface area contributed by atoms with Crippen molar-refractivity contribution in [1.29, 1.82) is 0 Å². The maximum absolute atomic E-state index is 5.94. The summed E-state index contributed by atoms with van der Waals surface area (Å²) >= 11 is 5.94. The molecule has 0 amide bonds. The van der Waals surface area contributed by atoms with E-state index in [1.807, 2.05) is 17.7 Å². The predicted molar refractivity (Wildman–Crippen MR) is 111 cm³/mol. The Hall–Kier alpha value is -3.20. The zero-order valence-electron chi connectivity index (χ0n) is 16.4. The van der Waals surface area contributed by atoms with E-state index in [9.17, 15) is 0 Å². The molecule has 0 saturated carbocycles. The summed E-state index contributed by atoms with van der Waals surface area (Å²) in [6.07, 6.45) is 0. The van der Waals surface area contributed by atoms with Crippen LogP contribution in [0.25, 0.3) is 11.0 Å². The molecule has 3 N–H and O–H groups in total. The zero-order chi connectivity index (χ0) is 20.5. The number of nitrogens with zero attached hydrogens (tertiary/aromatic N) is 6. The van der Waals surface area contributed by atoms with E-state index in [0.29, 0.717) is 42.0 Å². The number of aryl methyl sites for hydroxylation is 3. The highest BCUT2D eigenvalue weighted by molar-refractivity contribution is 6.17. The van der Waals surface area contributed by atoms with Crippen molar-refractivity contribution < 1.29 is 4.52 Å². The number of anilines is 2. The summed E-state index contributed by atoms with van der Waals surface area (Å²) in [6.45, 7) is 6.63. The quantitative estimate of drug-likeness (QED) is 0.463. The van der Waals surface area contributed by atoms with Crippen LogP contribution < -0.4 is 11.1 Å². The van der Waals surface area contributed by atoms with Crippen LogP contribution in [0, 0.1) is 20.8 Å². The average molecular weight is 413 g/mol. The Labute approximate surface area is 172 Å². The number of aromatic nitrogens is 6. The van der Waals surface area contributed by atoms with Crippen LogP contribution in [0.2, 0.25) is 0 Å². The molecular formula is C19H21ClN8O. The van der Waals surface area contributed by atoms with Crippen molar-refractivity contribution in [2.45, 2.75) is 39.7 Å². The number of hydrogen-bond acceptors (Lipinski definition) is 8. The second-order valence-electron chi connectivity index (χ2n) is 6.85. The smallest absolute Gasteiger partial charge is 0.223 e. The molecule has 0 radical (unpaired) electrons. The summed E-state index contributed by atoms with van der Waals surface area (Å²) in [5.74, 6) is 2.27. The third-order valence-electron chi connectivity index (χ3n) is 4.64. The zero-order valence-corrected chi connectivity index (χ0v) is 17.2. The minimum absolute atomic E-state index is 0.176. The Morgan fingerprint density at radius 1 is 1.17 bits per heavy atom. The van der Waals surface area contributed by atoms with Crippen LogP contribution in [0.15, 0.2) is 22.7 Å². The van der Waals surface area contributed by atoms with Crippen LogP contribution in [0.3, 0.4) is 0 Å². The lowest BCUT2D eigenvalue weighted by atomic mass is 10.1. The highest BCUT2D eigenvalue weighted by Crippen LogP contribution is 2.26. The first-order valence-corrected chi connectivity index (χ1v) is 9.66. The van der Waals surface area contributed by atoms with Gasteiger partial charge in [0.25, 0.3) is 0 Å². The number of halogens is 1. The molecule has 0 aliphatic rings. The first-order chi connectivity index (χ1) is 13.9. The number of nitrogen functional groups attached to an aromatic ring is 1. The molecular weight excluding hydrogens is 392 g/mol. The maximum atomic E-state index is 5.94. The number of nitrogens with one attached hydrogen (secondary N) is 1. The van der Waals surface area contributed by atoms with Gasteiger partial charge in [-0.05, 0) is 30.5 Å². The van der Waals surface area contributed by atoms with Crippen molar-refractivity contribution in [3.63, 3.8) is 0 Å². The third kappa shape index (κ3) is 3.86. The minimum atomic E-state index is 0.176. The molecule has 0 spiro atoms. The minimum Gasteiger partial charge on any atom is -0.368 e. The van der Waals surface area contributed by atoms with Crippen molar-refractivity contribution >= 4 is 34.4 Å². The van der Waals surface area contributed by atoms with Gasteiger partial charge in [-0.15, -0.1) is 11.6 Å². The number of hydrogen-bond donors (Lipinski definition) is 2. The van der Waals surface area contributed by atoms with Gasteiger partial charge in [-0.3, -0.25) is 4.68 Å². The van der Waals surface area contributed by atoms with Crippen LogP contribution in [0.4, 0.5) is 11.8 Å². The van der Waals surface area contributed by atoms with Gasteiger partial charge in [0.15, 0.2) is 11.6 Å². The van der Waals surface area contributed by atoms with Gasteiger partial charge in [0.05, 0.1) is 18.8 Å². The summed E-state index contributed by atoms with van der Waals surface area (Å²) in [6, 6.07) is 6.19. The number of fused-ring (bicyclic) bond motifs is 1. The lowest BCUT2D eigenvalue weighted by Gasteiger charge is -2.11.